The van der Waals surface area contributed by atoms with Crippen molar-refractivity contribution >= 4 is 17.7 Å². The standard InChI is InChI=1S/C19H33N5O4/c1-3-22-13-12-19(21,24(22)28)18(27)23(17(26)14(2)20)16(25)11-7-10-15-8-5-4-6-9-15/h12-15,28H,3-11,20-21H2,1-2H3/t14?,19-/m1/s1. The van der Waals surface area contributed by atoms with Crippen LogP contribution in [0.25, 0.3) is 0 Å². The maximum Gasteiger partial charge on any atom is 0.279 e. The molecular weight excluding hydrogens is 362 g/mol. The quantitative estimate of drug-likeness (QED) is 0.583. The number of hydrazine groups is 1. The van der Waals surface area contributed by atoms with Crippen LogP contribution in [0.15, 0.2) is 12.3 Å². The summed E-state index contributed by atoms with van der Waals surface area (Å²) in [6.45, 7) is 3.52. The Balaban J connectivity index is 2.08. The smallest absolute Gasteiger partial charge is 0.279 e. The van der Waals surface area contributed by atoms with Gasteiger partial charge in [0.15, 0.2) is 0 Å². The number of carbonyl (C=O) groups excluding carboxylic acids is 3. The first-order valence-corrected chi connectivity index (χ1v) is 10.1. The van der Waals surface area contributed by atoms with Crippen molar-refractivity contribution in [2.45, 2.75) is 76.9 Å². The molecular formula is C19H33N5O4. The van der Waals surface area contributed by atoms with Crippen molar-refractivity contribution in [2.75, 3.05) is 6.54 Å². The second-order valence-corrected chi connectivity index (χ2v) is 7.74. The maximum absolute atomic E-state index is 13.0. The van der Waals surface area contributed by atoms with Gasteiger partial charge in [0.05, 0.1) is 6.04 Å². The lowest BCUT2D eigenvalue weighted by molar-refractivity contribution is -0.257. The van der Waals surface area contributed by atoms with E-state index < -0.39 is 29.4 Å². The number of hydrogen-bond donors (Lipinski definition) is 3. The Labute approximate surface area is 166 Å². The average molecular weight is 396 g/mol. The van der Waals surface area contributed by atoms with Crippen molar-refractivity contribution in [1.29, 1.82) is 0 Å². The third-order valence-corrected chi connectivity index (χ3v) is 5.53. The lowest BCUT2D eigenvalue weighted by Crippen LogP contribution is -2.66. The van der Waals surface area contributed by atoms with Gasteiger partial charge in [0.25, 0.3) is 11.8 Å². The number of hydroxylamine groups is 1. The lowest BCUT2D eigenvalue weighted by Gasteiger charge is -2.35. The van der Waals surface area contributed by atoms with Gasteiger partial charge in [-0.3, -0.25) is 30.3 Å². The van der Waals surface area contributed by atoms with Gasteiger partial charge in [-0.25, -0.2) is 4.90 Å². The molecule has 0 bridgehead atoms. The summed E-state index contributed by atoms with van der Waals surface area (Å²) >= 11 is 0. The molecule has 1 unspecified atom stereocenters. The third-order valence-electron chi connectivity index (χ3n) is 5.53. The second-order valence-electron chi connectivity index (χ2n) is 7.74. The molecule has 28 heavy (non-hydrogen) atoms. The van der Waals surface area contributed by atoms with Gasteiger partial charge in [0.1, 0.15) is 0 Å². The zero-order valence-corrected chi connectivity index (χ0v) is 16.8. The van der Waals surface area contributed by atoms with Crippen molar-refractivity contribution in [2.24, 2.45) is 17.4 Å². The Hall–Kier alpha value is -1.81. The fraction of sp³-hybridized carbons (Fsp3) is 0.737. The van der Waals surface area contributed by atoms with Crippen LogP contribution in [0.1, 0.15) is 65.2 Å². The van der Waals surface area contributed by atoms with Crippen molar-refractivity contribution in [3.05, 3.63) is 12.3 Å². The Morgan fingerprint density at radius 3 is 2.46 bits per heavy atom. The summed E-state index contributed by atoms with van der Waals surface area (Å²) in [6.07, 6.45) is 10.3. The van der Waals surface area contributed by atoms with Crippen LogP contribution in [0, 0.1) is 5.92 Å². The highest BCUT2D eigenvalue weighted by molar-refractivity contribution is 6.15. The molecule has 5 N–H and O–H groups in total. The Morgan fingerprint density at radius 1 is 1.29 bits per heavy atom. The van der Waals surface area contributed by atoms with Gasteiger partial charge in [0, 0.05) is 19.2 Å². The summed E-state index contributed by atoms with van der Waals surface area (Å²) in [5.41, 5.74) is 9.66. The number of imide groups is 3. The summed E-state index contributed by atoms with van der Waals surface area (Å²) < 4.78 is 0. The molecule has 1 heterocycles. The molecule has 0 spiro atoms. The molecule has 3 amide bonds. The number of amides is 3. The maximum atomic E-state index is 13.0. The van der Waals surface area contributed by atoms with E-state index in [4.69, 9.17) is 11.5 Å². The second kappa shape index (κ2) is 9.60. The van der Waals surface area contributed by atoms with Gasteiger partial charge in [-0.15, -0.1) is 0 Å². The molecule has 2 aliphatic rings. The number of hydrogen-bond acceptors (Lipinski definition) is 8. The molecule has 9 heteroatoms. The first-order chi connectivity index (χ1) is 13.2. The third kappa shape index (κ3) is 4.78. The van der Waals surface area contributed by atoms with E-state index in [9.17, 15) is 19.6 Å². The largest absolute Gasteiger partial charge is 0.320 e. The van der Waals surface area contributed by atoms with Crippen molar-refractivity contribution in [3.8, 4) is 0 Å². The van der Waals surface area contributed by atoms with E-state index >= 15 is 0 Å². The number of nitrogens with zero attached hydrogens (tertiary/aromatic N) is 3. The van der Waals surface area contributed by atoms with Crippen molar-refractivity contribution in [3.63, 3.8) is 0 Å². The van der Waals surface area contributed by atoms with Crippen LogP contribution >= 0.6 is 0 Å². The van der Waals surface area contributed by atoms with Crippen LogP contribution in [0.5, 0.6) is 0 Å². The van der Waals surface area contributed by atoms with E-state index in [1.165, 1.54) is 56.3 Å². The molecule has 1 aliphatic carbocycles. The van der Waals surface area contributed by atoms with Gasteiger partial charge in [-0.2, -0.15) is 0 Å². The number of nitrogens with two attached hydrogens (primary N) is 2. The summed E-state index contributed by atoms with van der Waals surface area (Å²) in [5.74, 6) is -1.87. The fourth-order valence-electron chi connectivity index (χ4n) is 3.79. The van der Waals surface area contributed by atoms with Gasteiger partial charge in [-0.05, 0) is 38.7 Å². The van der Waals surface area contributed by atoms with Crippen LogP contribution < -0.4 is 11.5 Å². The Bertz CT molecular complexity index is 617. The van der Waals surface area contributed by atoms with E-state index in [1.807, 2.05) is 0 Å². The minimum Gasteiger partial charge on any atom is -0.320 e. The SMILES string of the molecule is CCN1C=C[C@](N)(C(=O)N(C(=O)CCCC2CCCCC2)C(=O)C(C)N)N1O. The van der Waals surface area contributed by atoms with E-state index in [-0.39, 0.29) is 6.42 Å². The molecule has 0 aromatic rings. The van der Waals surface area contributed by atoms with Gasteiger partial charge in [-0.1, -0.05) is 37.3 Å². The molecule has 0 radical (unpaired) electrons. The molecule has 9 nitrogen and oxygen atoms in total. The highest BCUT2D eigenvalue weighted by Gasteiger charge is 2.49. The van der Waals surface area contributed by atoms with E-state index in [0.29, 0.717) is 29.0 Å². The summed E-state index contributed by atoms with van der Waals surface area (Å²) in [5, 5.41) is 12.1. The predicted octanol–water partition coefficient (Wildman–Crippen LogP) is 1.08. The average Bonchev–Trinajstić information content (AvgIpc) is 2.98. The molecule has 0 aromatic carbocycles. The van der Waals surface area contributed by atoms with Crippen molar-refractivity contribution in [1.82, 2.24) is 15.1 Å². The van der Waals surface area contributed by atoms with Crippen LogP contribution in [0.4, 0.5) is 0 Å². The minimum atomic E-state index is -2.03. The van der Waals surface area contributed by atoms with Crippen LogP contribution in [0.2, 0.25) is 0 Å². The summed E-state index contributed by atoms with van der Waals surface area (Å²) in [6, 6.07) is -1.05. The molecule has 1 aliphatic heterocycles. The van der Waals surface area contributed by atoms with E-state index in [2.05, 4.69) is 0 Å². The first kappa shape index (κ1) is 22.5. The molecule has 2 atom stereocenters. The number of rotatable bonds is 7. The lowest BCUT2D eigenvalue weighted by atomic mass is 9.86. The highest BCUT2D eigenvalue weighted by Crippen LogP contribution is 2.28. The topological polar surface area (TPSA) is 133 Å². The van der Waals surface area contributed by atoms with Gasteiger partial charge < -0.3 is 5.73 Å². The first-order valence-electron chi connectivity index (χ1n) is 10.1. The molecule has 0 aromatic heterocycles. The summed E-state index contributed by atoms with van der Waals surface area (Å²) in [7, 11) is 0. The Morgan fingerprint density at radius 2 is 1.93 bits per heavy atom. The molecule has 0 saturated heterocycles. The van der Waals surface area contributed by atoms with Crippen LogP contribution in [-0.4, -0.2) is 56.3 Å². The fourth-order valence-corrected chi connectivity index (χ4v) is 3.79. The highest BCUT2D eigenvalue weighted by atomic mass is 16.6. The van der Waals surface area contributed by atoms with Crippen LogP contribution in [0.3, 0.4) is 0 Å². The molecule has 1 fully saturated rings. The van der Waals surface area contributed by atoms with Gasteiger partial charge in [0.2, 0.25) is 11.6 Å². The van der Waals surface area contributed by atoms with E-state index in [0.717, 1.165) is 6.42 Å². The van der Waals surface area contributed by atoms with Crippen LogP contribution in [-0.2, 0) is 14.4 Å². The number of carbonyl (C=O) groups is 3. The predicted molar refractivity (Wildman–Crippen MR) is 103 cm³/mol. The minimum absolute atomic E-state index is 0.0589. The molecule has 158 valence electrons. The van der Waals surface area contributed by atoms with E-state index in [1.54, 1.807) is 6.92 Å². The summed E-state index contributed by atoms with van der Waals surface area (Å²) in [4.78, 5) is 38.8. The zero-order valence-electron chi connectivity index (χ0n) is 16.8. The van der Waals surface area contributed by atoms with Gasteiger partial charge >= 0.3 is 0 Å². The molecule has 2 rings (SSSR count). The Kier molecular flexibility index (Phi) is 7.70. The molecule has 1 saturated carbocycles. The zero-order chi connectivity index (χ0) is 20.9. The normalized spacial score (nSPS) is 24.4. The van der Waals surface area contributed by atoms with Crippen molar-refractivity contribution < 1.29 is 19.6 Å². The monoisotopic (exact) mass is 395 g/mol.